The molecule has 0 spiro atoms. The number of benzene rings is 1. The molecule has 1 fully saturated rings. The maximum absolute atomic E-state index is 3.37. The Balaban J connectivity index is 2.24. The Morgan fingerprint density at radius 2 is 1.83 bits per heavy atom. The molecule has 1 aliphatic carbocycles. The van der Waals surface area contributed by atoms with Crippen LogP contribution in [-0.2, 0) is 6.42 Å². The molecule has 1 aromatic rings. The van der Waals surface area contributed by atoms with Crippen LogP contribution in [0.2, 0.25) is 0 Å². The molecule has 0 saturated heterocycles. The molecule has 0 aromatic heterocycles. The van der Waals surface area contributed by atoms with Crippen LogP contribution in [-0.4, -0.2) is 32.6 Å². The molecule has 2 heteroatoms. The average molecular weight is 246 g/mol. The highest BCUT2D eigenvalue weighted by molar-refractivity contribution is 5.28. The first kappa shape index (κ1) is 13.6. The van der Waals surface area contributed by atoms with Crippen LogP contribution in [0.4, 0.5) is 0 Å². The number of aryl methyl sites for hydroxylation is 1. The van der Waals surface area contributed by atoms with Gasteiger partial charge in [0, 0.05) is 18.0 Å². The summed E-state index contributed by atoms with van der Waals surface area (Å²) in [6, 6.07) is 9.73. The molecule has 100 valence electrons. The highest BCUT2D eigenvalue weighted by Gasteiger charge is 2.50. The summed E-state index contributed by atoms with van der Waals surface area (Å²) in [5, 5.41) is 3.37. The van der Waals surface area contributed by atoms with Crippen molar-refractivity contribution >= 4 is 0 Å². The van der Waals surface area contributed by atoms with E-state index in [9.17, 15) is 0 Å². The van der Waals surface area contributed by atoms with Gasteiger partial charge in [-0.2, -0.15) is 0 Å². The number of hydrogen-bond acceptors (Lipinski definition) is 2. The van der Waals surface area contributed by atoms with Gasteiger partial charge < -0.3 is 10.2 Å². The van der Waals surface area contributed by atoms with Crippen LogP contribution in [0.15, 0.2) is 24.3 Å². The Hall–Kier alpha value is -0.860. The Kier molecular flexibility index (Phi) is 4.08. The number of rotatable bonds is 6. The molecule has 2 nitrogen and oxygen atoms in total. The van der Waals surface area contributed by atoms with Crippen LogP contribution in [0.1, 0.15) is 36.9 Å². The molecule has 1 N–H and O–H groups in total. The minimum atomic E-state index is 0.450. The molecule has 0 aliphatic heterocycles. The van der Waals surface area contributed by atoms with Crippen LogP contribution in [0, 0.1) is 5.41 Å². The van der Waals surface area contributed by atoms with Gasteiger partial charge in [-0.25, -0.2) is 0 Å². The van der Waals surface area contributed by atoms with Gasteiger partial charge in [-0.3, -0.25) is 0 Å². The van der Waals surface area contributed by atoms with E-state index in [0.29, 0.717) is 11.5 Å². The van der Waals surface area contributed by atoms with Crippen LogP contribution in [0.3, 0.4) is 0 Å². The first-order chi connectivity index (χ1) is 8.63. The smallest absolute Gasteiger partial charge is 0.0410 e. The first-order valence-electron chi connectivity index (χ1n) is 7.03. The standard InChI is InChI=1S/C16H26N2/c1-5-13-6-8-14(9-7-13)15(18(3)4)16(10-11-16)12-17-2/h6-9,15,17H,5,10-12H2,1-4H3. The van der Waals surface area contributed by atoms with Crippen LogP contribution in [0.25, 0.3) is 0 Å². The quantitative estimate of drug-likeness (QED) is 0.830. The predicted molar refractivity (Wildman–Crippen MR) is 77.8 cm³/mol. The summed E-state index contributed by atoms with van der Waals surface area (Å²) < 4.78 is 0. The van der Waals surface area contributed by atoms with E-state index in [-0.39, 0.29) is 0 Å². The van der Waals surface area contributed by atoms with Crippen molar-refractivity contribution in [1.82, 2.24) is 10.2 Å². The van der Waals surface area contributed by atoms with Crippen molar-refractivity contribution in [3.63, 3.8) is 0 Å². The second-order valence-corrected chi connectivity index (χ2v) is 5.85. The van der Waals surface area contributed by atoms with Gasteiger partial charge in [-0.1, -0.05) is 31.2 Å². The van der Waals surface area contributed by atoms with E-state index in [1.54, 1.807) is 0 Å². The zero-order valence-corrected chi connectivity index (χ0v) is 12.2. The van der Waals surface area contributed by atoms with Gasteiger partial charge in [-0.05, 0) is 51.5 Å². The molecule has 1 unspecified atom stereocenters. The summed E-state index contributed by atoms with van der Waals surface area (Å²) in [5.74, 6) is 0. The van der Waals surface area contributed by atoms with Gasteiger partial charge >= 0.3 is 0 Å². The van der Waals surface area contributed by atoms with Crippen LogP contribution in [0.5, 0.6) is 0 Å². The van der Waals surface area contributed by atoms with E-state index in [4.69, 9.17) is 0 Å². The fourth-order valence-corrected chi connectivity index (χ4v) is 3.19. The zero-order chi connectivity index (χ0) is 13.2. The van der Waals surface area contributed by atoms with Crippen molar-refractivity contribution in [2.45, 2.75) is 32.2 Å². The molecule has 18 heavy (non-hydrogen) atoms. The molecule has 1 atom stereocenters. The zero-order valence-electron chi connectivity index (χ0n) is 12.2. The van der Waals surface area contributed by atoms with E-state index in [1.165, 1.54) is 24.0 Å². The lowest BCUT2D eigenvalue weighted by Gasteiger charge is -2.33. The Labute approximate surface area is 111 Å². The fraction of sp³-hybridized carbons (Fsp3) is 0.625. The minimum Gasteiger partial charge on any atom is -0.319 e. The molecule has 0 radical (unpaired) electrons. The molecule has 2 rings (SSSR count). The van der Waals surface area contributed by atoms with Crippen LogP contribution < -0.4 is 5.32 Å². The van der Waals surface area contributed by atoms with Crippen molar-refractivity contribution in [1.29, 1.82) is 0 Å². The Morgan fingerprint density at radius 3 is 2.22 bits per heavy atom. The monoisotopic (exact) mass is 246 g/mol. The molecule has 1 aromatic carbocycles. The number of nitrogens with zero attached hydrogens (tertiary/aromatic N) is 1. The second kappa shape index (κ2) is 5.41. The van der Waals surface area contributed by atoms with Crippen molar-refractivity contribution in [2.24, 2.45) is 5.41 Å². The van der Waals surface area contributed by atoms with E-state index < -0.39 is 0 Å². The molecular weight excluding hydrogens is 220 g/mol. The highest BCUT2D eigenvalue weighted by Crippen LogP contribution is 2.56. The summed E-state index contributed by atoms with van der Waals surface area (Å²) in [6.45, 7) is 3.33. The molecule has 0 amide bonds. The third-order valence-corrected chi connectivity index (χ3v) is 4.22. The lowest BCUT2D eigenvalue weighted by Crippen LogP contribution is -2.34. The molecule has 0 bridgehead atoms. The largest absolute Gasteiger partial charge is 0.319 e. The second-order valence-electron chi connectivity index (χ2n) is 5.85. The lowest BCUT2D eigenvalue weighted by molar-refractivity contribution is 0.191. The van der Waals surface area contributed by atoms with Gasteiger partial charge in [-0.15, -0.1) is 0 Å². The average Bonchev–Trinajstić information content (AvgIpc) is 3.11. The maximum atomic E-state index is 3.37. The normalized spacial score (nSPS) is 18.9. The van der Waals surface area contributed by atoms with Crippen molar-refractivity contribution in [3.8, 4) is 0 Å². The third kappa shape index (κ3) is 2.60. The highest BCUT2D eigenvalue weighted by atomic mass is 15.1. The summed E-state index contributed by atoms with van der Waals surface area (Å²) >= 11 is 0. The van der Waals surface area contributed by atoms with Crippen molar-refractivity contribution in [3.05, 3.63) is 35.4 Å². The maximum Gasteiger partial charge on any atom is 0.0410 e. The van der Waals surface area contributed by atoms with Gasteiger partial charge in [0.2, 0.25) is 0 Å². The van der Waals surface area contributed by atoms with E-state index >= 15 is 0 Å². The van der Waals surface area contributed by atoms with Gasteiger partial charge in [0.25, 0.3) is 0 Å². The van der Waals surface area contributed by atoms with Crippen molar-refractivity contribution in [2.75, 3.05) is 27.7 Å². The van der Waals surface area contributed by atoms with E-state index in [1.807, 2.05) is 0 Å². The lowest BCUT2D eigenvalue weighted by atomic mass is 9.88. The fourth-order valence-electron chi connectivity index (χ4n) is 3.19. The summed E-state index contributed by atoms with van der Waals surface area (Å²) in [6.07, 6.45) is 3.80. The molecule has 0 heterocycles. The summed E-state index contributed by atoms with van der Waals surface area (Å²) in [5.41, 5.74) is 3.34. The van der Waals surface area contributed by atoms with E-state index in [2.05, 4.69) is 62.5 Å². The summed E-state index contributed by atoms with van der Waals surface area (Å²) in [7, 11) is 6.47. The van der Waals surface area contributed by atoms with Crippen molar-refractivity contribution < 1.29 is 0 Å². The Bertz CT molecular complexity index is 377. The Morgan fingerprint density at radius 1 is 1.22 bits per heavy atom. The molecule has 1 saturated carbocycles. The number of hydrogen-bond donors (Lipinski definition) is 1. The molecular formula is C16H26N2. The summed E-state index contributed by atoms with van der Waals surface area (Å²) in [4.78, 5) is 2.38. The SMILES string of the molecule is CCc1ccc(C(N(C)C)C2(CNC)CC2)cc1. The van der Waals surface area contributed by atoms with E-state index in [0.717, 1.165) is 13.0 Å². The van der Waals surface area contributed by atoms with Gasteiger partial charge in [0.1, 0.15) is 0 Å². The minimum absolute atomic E-state index is 0.450. The number of nitrogens with one attached hydrogen (secondary N) is 1. The predicted octanol–water partition coefficient (Wildman–Crippen LogP) is 2.85. The third-order valence-electron chi connectivity index (χ3n) is 4.22. The van der Waals surface area contributed by atoms with Gasteiger partial charge in [0.15, 0.2) is 0 Å². The van der Waals surface area contributed by atoms with Gasteiger partial charge in [0.05, 0.1) is 0 Å². The topological polar surface area (TPSA) is 15.3 Å². The van der Waals surface area contributed by atoms with Crippen LogP contribution >= 0.6 is 0 Å². The first-order valence-corrected chi connectivity index (χ1v) is 7.03. The molecule has 1 aliphatic rings.